The van der Waals surface area contributed by atoms with E-state index in [9.17, 15) is 0 Å². The van der Waals surface area contributed by atoms with Crippen LogP contribution in [0.15, 0.2) is 0 Å². The van der Waals surface area contributed by atoms with Crippen molar-refractivity contribution in [2.45, 2.75) is 33.7 Å². The van der Waals surface area contributed by atoms with Gasteiger partial charge in [0.05, 0.1) is 19.8 Å². The normalized spacial score (nSPS) is 13.3. The molecule has 5 nitrogen and oxygen atoms in total. The third kappa shape index (κ3) is 12.1. The molecule has 1 atom stereocenters. The lowest BCUT2D eigenvalue weighted by molar-refractivity contribution is 0.0353. The predicted molar refractivity (Wildman–Crippen MR) is 87.9 cm³/mol. The van der Waals surface area contributed by atoms with E-state index in [0.29, 0.717) is 12.0 Å². The molecule has 0 aliphatic rings. The molecule has 0 fully saturated rings. The molecule has 1 unspecified atom stereocenters. The van der Waals surface area contributed by atoms with Gasteiger partial charge in [-0.05, 0) is 26.3 Å². The van der Waals surface area contributed by atoms with Crippen molar-refractivity contribution in [2.24, 2.45) is 5.92 Å². The number of hydrogen-bond acceptors (Lipinski definition) is 5. The molecule has 0 heterocycles. The predicted octanol–water partition coefficient (Wildman–Crippen LogP) is 1.62. The summed E-state index contributed by atoms with van der Waals surface area (Å²) in [6.45, 7) is 16.1. The van der Waals surface area contributed by atoms with Gasteiger partial charge in [0.25, 0.3) is 0 Å². The average Bonchev–Trinajstić information content (AvgIpc) is 2.45. The van der Waals surface area contributed by atoms with Crippen LogP contribution in [0.2, 0.25) is 0 Å². The Bertz CT molecular complexity index is 206. The molecular weight excluding hydrogens is 268 g/mol. The monoisotopic (exact) mass is 304 g/mol. The fourth-order valence-electron chi connectivity index (χ4n) is 2.15. The molecule has 0 aliphatic heterocycles. The van der Waals surface area contributed by atoms with E-state index in [4.69, 9.17) is 14.2 Å². The second-order valence-corrected chi connectivity index (χ2v) is 5.59. The van der Waals surface area contributed by atoms with E-state index in [1.807, 2.05) is 13.8 Å². The third-order valence-electron chi connectivity index (χ3n) is 3.26. The van der Waals surface area contributed by atoms with Crippen LogP contribution in [0.5, 0.6) is 0 Å². The van der Waals surface area contributed by atoms with Gasteiger partial charge >= 0.3 is 0 Å². The second kappa shape index (κ2) is 14.7. The van der Waals surface area contributed by atoms with Crippen molar-refractivity contribution in [3.63, 3.8) is 0 Å². The first-order chi connectivity index (χ1) is 10.2. The maximum absolute atomic E-state index is 5.50. The molecule has 128 valence electrons. The zero-order valence-electron chi connectivity index (χ0n) is 14.7. The van der Waals surface area contributed by atoms with Crippen molar-refractivity contribution < 1.29 is 14.2 Å². The number of rotatable bonds is 15. The standard InChI is InChI=1S/C16H36N2O3/c1-6-20-10-8-18(9-11-21-7-2)16(14-19-5)13-17-12-15(3)4/h15-17H,6-14H2,1-5H3. The van der Waals surface area contributed by atoms with E-state index in [-0.39, 0.29) is 0 Å². The van der Waals surface area contributed by atoms with Gasteiger partial charge in [-0.1, -0.05) is 13.8 Å². The highest BCUT2D eigenvalue weighted by atomic mass is 16.5. The van der Waals surface area contributed by atoms with Crippen LogP contribution in [0.3, 0.4) is 0 Å². The van der Waals surface area contributed by atoms with Crippen LogP contribution < -0.4 is 5.32 Å². The lowest BCUT2D eigenvalue weighted by Gasteiger charge is -2.31. The molecule has 0 saturated carbocycles. The molecule has 0 spiro atoms. The molecule has 0 amide bonds. The summed E-state index contributed by atoms with van der Waals surface area (Å²) < 4.78 is 16.4. The quantitative estimate of drug-likeness (QED) is 0.466. The van der Waals surface area contributed by atoms with Crippen LogP contribution in [0.1, 0.15) is 27.7 Å². The van der Waals surface area contributed by atoms with Gasteiger partial charge in [0.1, 0.15) is 0 Å². The fraction of sp³-hybridized carbons (Fsp3) is 1.00. The largest absolute Gasteiger partial charge is 0.383 e. The van der Waals surface area contributed by atoms with Gasteiger partial charge in [0.15, 0.2) is 0 Å². The highest BCUT2D eigenvalue weighted by molar-refractivity contribution is 4.74. The van der Waals surface area contributed by atoms with E-state index in [2.05, 4.69) is 24.1 Å². The van der Waals surface area contributed by atoms with Crippen LogP contribution >= 0.6 is 0 Å². The van der Waals surface area contributed by atoms with E-state index in [1.54, 1.807) is 7.11 Å². The van der Waals surface area contributed by atoms with Crippen LogP contribution in [0.25, 0.3) is 0 Å². The Balaban J connectivity index is 4.34. The summed E-state index contributed by atoms with van der Waals surface area (Å²) in [5.74, 6) is 0.661. The maximum Gasteiger partial charge on any atom is 0.0630 e. The summed E-state index contributed by atoms with van der Waals surface area (Å²) >= 11 is 0. The number of methoxy groups -OCH3 is 1. The van der Waals surface area contributed by atoms with Gasteiger partial charge in [-0.15, -0.1) is 0 Å². The highest BCUT2D eigenvalue weighted by Gasteiger charge is 2.18. The highest BCUT2D eigenvalue weighted by Crippen LogP contribution is 2.01. The molecule has 0 radical (unpaired) electrons. The van der Waals surface area contributed by atoms with Crippen molar-refractivity contribution in [1.29, 1.82) is 0 Å². The SMILES string of the molecule is CCOCCN(CCOCC)C(CNCC(C)C)COC. The smallest absolute Gasteiger partial charge is 0.0630 e. The van der Waals surface area contributed by atoms with E-state index >= 15 is 0 Å². The molecule has 0 aromatic carbocycles. The molecule has 5 heteroatoms. The first-order valence-electron chi connectivity index (χ1n) is 8.24. The first-order valence-corrected chi connectivity index (χ1v) is 8.24. The minimum absolute atomic E-state index is 0.356. The van der Waals surface area contributed by atoms with E-state index in [0.717, 1.165) is 59.2 Å². The van der Waals surface area contributed by atoms with Crippen molar-refractivity contribution in [1.82, 2.24) is 10.2 Å². The van der Waals surface area contributed by atoms with E-state index in [1.165, 1.54) is 0 Å². The Morgan fingerprint density at radius 3 is 1.95 bits per heavy atom. The van der Waals surface area contributed by atoms with Gasteiger partial charge < -0.3 is 19.5 Å². The third-order valence-corrected chi connectivity index (χ3v) is 3.26. The Kier molecular flexibility index (Phi) is 14.6. The summed E-state index contributed by atoms with van der Waals surface area (Å²) in [5, 5.41) is 3.53. The van der Waals surface area contributed by atoms with Crippen molar-refractivity contribution in [3.05, 3.63) is 0 Å². The van der Waals surface area contributed by atoms with Gasteiger partial charge in [-0.25, -0.2) is 0 Å². The summed E-state index contributed by atoms with van der Waals surface area (Å²) in [6.07, 6.45) is 0. The number of hydrogen-bond donors (Lipinski definition) is 1. The van der Waals surface area contributed by atoms with Crippen LogP contribution in [-0.4, -0.2) is 77.3 Å². The van der Waals surface area contributed by atoms with Crippen molar-refractivity contribution in [3.8, 4) is 0 Å². The molecule has 0 rings (SSSR count). The van der Waals surface area contributed by atoms with Crippen molar-refractivity contribution >= 4 is 0 Å². The van der Waals surface area contributed by atoms with Gasteiger partial charge in [0.2, 0.25) is 0 Å². The Hall–Kier alpha value is -0.200. The van der Waals surface area contributed by atoms with Crippen LogP contribution in [0.4, 0.5) is 0 Å². The minimum atomic E-state index is 0.356. The summed E-state index contributed by atoms with van der Waals surface area (Å²) in [4.78, 5) is 2.40. The molecule has 0 aromatic heterocycles. The summed E-state index contributed by atoms with van der Waals surface area (Å²) in [6, 6.07) is 0.356. The zero-order valence-corrected chi connectivity index (χ0v) is 14.7. The Morgan fingerprint density at radius 2 is 1.52 bits per heavy atom. The zero-order chi connectivity index (χ0) is 15.9. The van der Waals surface area contributed by atoms with Crippen LogP contribution in [-0.2, 0) is 14.2 Å². The minimum Gasteiger partial charge on any atom is -0.383 e. The molecule has 0 bridgehead atoms. The van der Waals surface area contributed by atoms with Gasteiger partial charge in [-0.2, -0.15) is 0 Å². The first kappa shape index (κ1) is 20.8. The van der Waals surface area contributed by atoms with Crippen molar-refractivity contribution in [2.75, 3.05) is 66.3 Å². The number of nitrogens with one attached hydrogen (secondary N) is 1. The lowest BCUT2D eigenvalue weighted by atomic mass is 10.2. The molecule has 0 aliphatic carbocycles. The van der Waals surface area contributed by atoms with Crippen LogP contribution in [0, 0.1) is 5.92 Å². The molecular formula is C16H36N2O3. The van der Waals surface area contributed by atoms with Gasteiger partial charge in [0, 0.05) is 46.0 Å². The van der Waals surface area contributed by atoms with Gasteiger partial charge in [-0.3, -0.25) is 4.90 Å². The number of ether oxygens (including phenoxy) is 3. The number of nitrogens with zero attached hydrogens (tertiary/aromatic N) is 1. The summed E-state index contributed by atoms with van der Waals surface area (Å²) in [7, 11) is 1.76. The Labute approximate surface area is 131 Å². The fourth-order valence-corrected chi connectivity index (χ4v) is 2.15. The summed E-state index contributed by atoms with van der Waals surface area (Å²) in [5.41, 5.74) is 0. The molecule has 0 aromatic rings. The molecule has 1 N–H and O–H groups in total. The molecule has 0 saturated heterocycles. The topological polar surface area (TPSA) is 43.0 Å². The van der Waals surface area contributed by atoms with E-state index < -0.39 is 0 Å². The molecule has 21 heavy (non-hydrogen) atoms. The Morgan fingerprint density at radius 1 is 0.952 bits per heavy atom. The maximum atomic E-state index is 5.50. The second-order valence-electron chi connectivity index (χ2n) is 5.59. The average molecular weight is 304 g/mol. The lowest BCUT2D eigenvalue weighted by Crippen LogP contribution is -2.48.